The van der Waals surface area contributed by atoms with Crippen molar-refractivity contribution in [2.75, 3.05) is 19.0 Å². The Morgan fingerprint density at radius 3 is 2.76 bits per heavy atom. The van der Waals surface area contributed by atoms with E-state index in [0.717, 1.165) is 50.7 Å². The number of hydrogen-bond acceptors (Lipinski definition) is 5. The quantitative estimate of drug-likeness (QED) is 0.583. The summed E-state index contributed by atoms with van der Waals surface area (Å²) < 4.78 is 5.20. The number of nitrogens with one attached hydrogen (secondary N) is 1. The van der Waals surface area contributed by atoms with Crippen molar-refractivity contribution in [2.45, 2.75) is 64.9 Å². The molecule has 0 unspecified atom stereocenters. The number of aliphatic hydroxyl groups is 1. The molecule has 6 nitrogen and oxygen atoms in total. The average molecular weight is 465 g/mol. The van der Waals surface area contributed by atoms with E-state index in [1.165, 1.54) is 5.57 Å². The monoisotopic (exact) mass is 464 g/mol. The first-order valence-corrected chi connectivity index (χ1v) is 12.6. The first kappa shape index (κ1) is 23.2. The van der Waals surface area contributed by atoms with Crippen molar-refractivity contribution < 1.29 is 19.5 Å². The smallest absolute Gasteiger partial charge is 0.265 e. The number of carbonyl (C=O) groups is 1. The third-order valence-corrected chi connectivity index (χ3v) is 9.01. The second-order valence-electron chi connectivity index (χ2n) is 10.9. The number of benzene rings is 1. The molecule has 3 saturated carbocycles. The van der Waals surface area contributed by atoms with E-state index in [1.54, 1.807) is 18.7 Å². The van der Waals surface area contributed by atoms with Gasteiger partial charge in [-0.3, -0.25) is 4.79 Å². The molecule has 0 heterocycles. The van der Waals surface area contributed by atoms with Crippen molar-refractivity contribution in [1.82, 2.24) is 0 Å². The van der Waals surface area contributed by atoms with Crippen LogP contribution in [0.5, 0.6) is 5.75 Å². The molecule has 34 heavy (non-hydrogen) atoms. The summed E-state index contributed by atoms with van der Waals surface area (Å²) in [4.78, 5) is 17.9. The second kappa shape index (κ2) is 8.88. The summed E-state index contributed by atoms with van der Waals surface area (Å²) in [7, 11) is 1.60. The van der Waals surface area contributed by atoms with E-state index < -0.39 is 0 Å². The Morgan fingerprint density at radius 2 is 1.94 bits per heavy atom. The number of allylic oxidation sites excluding steroid dienone is 3. The molecule has 3 fully saturated rings. The van der Waals surface area contributed by atoms with Gasteiger partial charge in [0.05, 0.1) is 18.9 Å². The predicted molar refractivity (Wildman–Crippen MR) is 133 cm³/mol. The molecule has 0 radical (unpaired) electrons. The van der Waals surface area contributed by atoms with Gasteiger partial charge in [0.25, 0.3) is 5.91 Å². The molecule has 0 aromatic heterocycles. The number of nitrogens with zero attached hydrogens (tertiary/aromatic N) is 1. The lowest BCUT2D eigenvalue weighted by atomic mass is 9.51. The van der Waals surface area contributed by atoms with Crippen molar-refractivity contribution in [2.24, 2.45) is 27.8 Å². The third kappa shape index (κ3) is 3.96. The van der Waals surface area contributed by atoms with Gasteiger partial charge >= 0.3 is 0 Å². The fraction of sp³-hybridized carbons (Fsp3) is 0.571. The zero-order valence-electron chi connectivity index (χ0n) is 20.5. The number of methoxy groups -OCH3 is 1. The number of aliphatic hydroxyl groups excluding tert-OH is 1. The molecule has 0 aliphatic heterocycles. The lowest BCUT2D eigenvalue weighted by molar-refractivity contribution is -0.120. The summed E-state index contributed by atoms with van der Waals surface area (Å²) in [6.07, 6.45) is 11.5. The van der Waals surface area contributed by atoms with E-state index in [0.29, 0.717) is 23.3 Å². The van der Waals surface area contributed by atoms with Crippen LogP contribution in [0.15, 0.2) is 52.7 Å². The minimum Gasteiger partial charge on any atom is -0.497 e. The van der Waals surface area contributed by atoms with E-state index in [1.807, 2.05) is 18.2 Å². The number of ether oxygens (including phenoxy) is 1. The van der Waals surface area contributed by atoms with Crippen molar-refractivity contribution in [1.29, 1.82) is 0 Å². The molecule has 0 bridgehead atoms. The summed E-state index contributed by atoms with van der Waals surface area (Å²) in [5.74, 6) is 1.49. The molecule has 5 rings (SSSR count). The minimum atomic E-state index is -0.235. The van der Waals surface area contributed by atoms with Crippen LogP contribution in [0.3, 0.4) is 0 Å². The Labute approximate surface area is 202 Å². The van der Waals surface area contributed by atoms with E-state index in [4.69, 9.17) is 9.57 Å². The van der Waals surface area contributed by atoms with Crippen molar-refractivity contribution in [3.05, 3.63) is 47.6 Å². The van der Waals surface area contributed by atoms with Crippen LogP contribution in [-0.4, -0.2) is 36.5 Å². The molecule has 4 aliphatic rings. The number of rotatable bonds is 5. The molecule has 5 atom stereocenters. The van der Waals surface area contributed by atoms with Crippen LogP contribution in [-0.2, 0) is 9.63 Å². The van der Waals surface area contributed by atoms with Gasteiger partial charge in [-0.2, -0.15) is 0 Å². The van der Waals surface area contributed by atoms with Crippen LogP contribution < -0.4 is 10.1 Å². The summed E-state index contributed by atoms with van der Waals surface area (Å²) in [5.41, 5.74) is 4.93. The summed E-state index contributed by atoms with van der Waals surface area (Å²) in [6.45, 7) is 4.63. The predicted octanol–water partition coefficient (Wildman–Crippen LogP) is 5.25. The Morgan fingerprint density at radius 1 is 1.15 bits per heavy atom. The van der Waals surface area contributed by atoms with Gasteiger partial charge < -0.3 is 20.0 Å². The van der Waals surface area contributed by atoms with Crippen LogP contribution >= 0.6 is 0 Å². The number of amides is 1. The Bertz CT molecular complexity index is 1060. The highest BCUT2D eigenvalue weighted by Gasteiger charge is 2.55. The molecular weight excluding hydrogens is 428 g/mol. The number of fused-ring (bicyclic) bond motifs is 5. The van der Waals surface area contributed by atoms with Gasteiger partial charge in [0, 0.05) is 17.2 Å². The van der Waals surface area contributed by atoms with Gasteiger partial charge in [-0.25, -0.2) is 0 Å². The largest absolute Gasteiger partial charge is 0.497 e. The standard InChI is InChI=1S/C28H36N2O4/c1-27-13-11-20(31)15-18(27)7-8-22-23-9-10-25(28(23,2)14-12-24(22)27)30-34-17-26(32)29-19-5-4-6-21(16-19)33-3/h4-8,16,20,23-24,31H,9-15,17H2,1-3H3,(H,29,32)/b30-25+/t20-,23-,24-,27-,28-/m0/s1. The maximum absolute atomic E-state index is 12.3. The topological polar surface area (TPSA) is 80.2 Å². The van der Waals surface area contributed by atoms with Crippen LogP contribution in [0.2, 0.25) is 0 Å². The lowest BCUT2D eigenvalue weighted by Crippen LogP contribution is -2.46. The zero-order valence-corrected chi connectivity index (χ0v) is 20.5. The summed E-state index contributed by atoms with van der Waals surface area (Å²) >= 11 is 0. The second-order valence-corrected chi connectivity index (χ2v) is 10.9. The molecule has 1 aromatic carbocycles. The van der Waals surface area contributed by atoms with Gasteiger partial charge in [0.1, 0.15) is 5.75 Å². The van der Waals surface area contributed by atoms with Crippen molar-refractivity contribution in [3.8, 4) is 5.75 Å². The number of oxime groups is 1. The Balaban J connectivity index is 1.25. The molecule has 1 aromatic rings. The molecule has 4 aliphatic carbocycles. The highest BCUT2D eigenvalue weighted by atomic mass is 16.6. The molecule has 2 N–H and O–H groups in total. The normalized spacial score (nSPS) is 35.4. The van der Waals surface area contributed by atoms with Gasteiger partial charge in [-0.05, 0) is 74.3 Å². The van der Waals surface area contributed by atoms with Gasteiger partial charge in [-0.1, -0.05) is 48.4 Å². The van der Waals surface area contributed by atoms with E-state index in [9.17, 15) is 9.90 Å². The Kier molecular flexibility index (Phi) is 6.05. The average Bonchev–Trinajstić information content (AvgIpc) is 3.16. The minimum absolute atomic E-state index is 0.0124. The lowest BCUT2D eigenvalue weighted by Gasteiger charge is -2.53. The molecule has 0 spiro atoms. The number of hydrogen-bond donors (Lipinski definition) is 2. The maximum atomic E-state index is 12.3. The highest BCUT2D eigenvalue weighted by molar-refractivity contribution is 5.93. The maximum Gasteiger partial charge on any atom is 0.265 e. The van der Waals surface area contributed by atoms with E-state index >= 15 is 0 Å². The van der Waals surface area contributed by atoms with Gasteiger partial charge in [-0.15, -0.1) is 0 Å². The van der Waals surface area contributed by atoms with Crippen LogP contribution in [0, 0.1) is 22.7 Å². The fourth-order valence-corrected chi connectivity index (χ4v) is 7.00. The van der Waals surface area contributed by atoms with Crippen LogP contribution in [0.25, 0.3) is 0 Å². The third-order valence-electron chi connectivity index (χ3n) is 9.01. The summed E-state index contributed by atoms with van der Waals surface area (Å²) in [6, 6.07) is 7.26. The van der Waals surface area contributed by atoms with Crippen molar-refractivity contribution in [3.63, 3.8) is 0 Å². The van der Waals surface area contributed by atoms with E-state index in [-0.39, 0.29) is 29.4 Å². The number of anilines is 1. The van der Waals surface area contributed by atoms with Crippen LogP contribution in [0.4, 0.5) is 5.69 Å². The first-order chi connectivity index (χ1) is 16.3. The molecule has 6 heteroatoms. The fourth-order valence-electron chi connectivity index (χ4n) is 7.00. The molecule has 1 amide bonds. The number of carbonyl (C=O) groups excluding carboxylic acids is 1. The zero-order chi connectivity index (χ0) is 23.9. The molecular formula is C28H36N2O4. The van der Waals surface area contributed by atoms with E-state index in [2.05, 4.69) is 36.5 Å². The van der Waals surface area contributed by atoms with Crippen LogP contribution in [0.1, 0.15) is 58.8 Å². The molecule has 0 saturated heterocycles. The first-order valence-electron chi connectivity index (χ1n) is 12.6. The van der Waals surface area contributed by atoms with Gasteiger partial charge in [0.15, 0.2) is 6.61 Å². The van der Waals surface area contributed by atoms with Gasteiger partial charge in [0.2, 0.25) is 0 Å². The molecule has 182 valence electrons. The van der Waals surface area contributed by atoms with Crippen molar-refractivity contribution >= 4 is 17.3 Å². The highest BCUT2D eigenvalue weighted by Crippen LogP contribution is 2.62. The SMILES string of the molecule is COc1cccc(NC(=O)CO/N=C2\CC[C@H]3C4=CC=C5C[C@@H](O)CC[C@]5(C)[C@H]4CC[C@]23C)c1. The summed E-state index contributed by atoms with van der Waals surface area (Å²) in [5, 5.41) is 17.5. The Hall–Kier alpha value is -2.60.